The first kappa shape index (κ1) is 11.8. The molecule has 1 aromatic rings. The molecule has 7 heteroatoms. The lowest BCUT2D eigenvalue weighted by Gasteiger charge is -1.91. The second kappa shape index (κ2) is 5.59. The van der Waals surface area contributed by atoms with Gasteiger partial charge in [-0.1, -0.05) is 12.1 Å². The fraction of sp³-hybridized carbons (Fsp3) is 0. The molecule has 1 heterocycles. The summed E-state index contributed by atoms with van der Waals surface area (Å²) in [6, 6.07) is 4.46. The van der Waals surface area contributed by atoms with Crippen LogP contribution in [-0.4, -0.2) is 4.85 Å². The van der Waals surface area contributed by atoms with Crippen LogP contribution >= 0.6 is 101 Å². The molecule has 0 spiro atoms. The minimum atomic E-state index is 0.621. The summed E-state index contributed by atoms with van der Waals surface area (Å²) in [6.45, 7) is 0. The van der Waals surface area contributed by atoms with Gasteiger partial charge in [0.05, 0.1) is 0 Å². The molecule has 0 aliphatic carbocycles. The molecule has 58 valence electrons. The summed E-state index contributed by atoms with van der Waals surface area (Å²) < 4.78 is 4.19. The lowest BCUT2D eigenvalue weighted by atomic mass is 10.1. The van der Waals surface area contributed by atoms with E-state index in [1.54, 1.807) is 0 Å². The highest BCUT2D eigenvalue weighted by molar-refractivity contribution is 14.3. The van der Waals surface area contributed by atoms with Crippen molar-refractivity contribution in [3.63, 3.8) is 0 Å². The Kier molecular flexibility index (Phi) is 6.00. The molecule has 0 nitrogen and oxygen atoms in total. The third kappa shape index (κ3) is 3.78. The van der Waals surface area contributed by atoms with Crippen LogP contribution in [0.2, 0.25) is 0 Å². The van der Waals surface area contributed by atoms with Gasteiger partial charge in [-0.05, 0) is 9.55 Å². The summed E-state index contributed by atoms with van der Waals surface area (Å²) in [5.41, 5.74) is 0. The van der Waals surface area contributed by atoms with Gasteiger partial charge >= 0.3 is 4.85 Å². The van der Waals surface area contributed by atoms with E-state index in [0.717, 1.165) is 0 Å². The van der Waals surface area contributed by atoms with Crippen LogP contribution in [0.15, 0.2) is 12.1 Å². The van der Waals surface area contributed by atoms with Crippen LogP contribution in [0.4, 0.5) is 0 Å². The average molecular weight is 611 g/mol. The van der Waals surface area contributed by atoms with Gasteiger partial charge < -0.3 is 0 Å². The zero-order valence-electron chi connectivity index (χ0n) is 5.23. The van der Waals surface area contributed by atoms with Gasteiger partial charge in [-0.2, -0.15) is 11.3 Å². The van der Waals surface area contributed by atoms with Crippen LogP contribution in [0.1, 0.15) is 0 Å². The highest BCUT2D eigenvalue weighted by Gasteiger charge is 2.15. The molecule has 0 aliphatic heterocycles. The van der Waals surface area contributed by atoms with E-state index in [0.29, 0.717) is 4.85 Å². The summed E-state index contributed by atoms with van der Waals surface area (Å²) in [6.07, 6.45) is 0. The van der Waals surface area contributed by atoms with Gasteiger partial charge in [-0.25, -0.2) is 0 Å². The topological polar surface area (TPSA) is 0 Å². The Morgan fingerprint density at radius 1 is 0.909 bits per heavy atom. The Labute approximate surface area is 125 Å². The molecular weight excluding hydrogens is 609 g/mol. The molecule has 0 N–H and O–H groups in total. The first-order chi connectivity index (χ1) is 5.11. The molecule has 11 heavy (non-hydrogen) atoms. The van der Waals surface area contributed by atoms with Crippen molar-refractivity contribution in [3.8, 4) is 0 Å². The molecule has 0 bridgehead atoms. The van der Waals surface area contributed by atoms with E-state index in [1.165, 1.54) is 9.55 Å². The van der Waals surface area contributed by atoms with Gasteiger partial charge in [0.2, 0.25) is 0 Å². The summed E-state index contributed by atoms with van der Waals surface area (Å²) >= 11 is 11.7. The minimum absolute atomic E-state index is 0.621. The van der Waals surface area contributed by atoms with Crippen molar-refractivity contribution < 1.29 is 0 Å². The Morgan fingerprint density at radius 3 is 1.45 bits per heavy atom. The number of hydrogen-bond acceptors (Lipinski definition) is 1. The van der Waals surface area contributed by atoms with Crippen molar-refractivity contribution in [1.29, 1.82) is 0 Å². The second-order valence-electron chi connectivity index (χ2n) is 1.84. The summed E-state index contributed by atoms with van der Waals surface area (Å²) in [7, 11) is 0. The summed E-state index contributed by atoms with van der Waals surface area (Å²) in [5, 5.41) is 0. The molecule has 0 saturated heterocycles. The van der Waals surface area contributed by atoms with E-state index in [1.807, 2.05) is 11.3 Å². The molecule has 0 aromatic carbocycles. The van der Waals surface area contributed by atoms with E-state index >= 15 is 0 Å². The highest BCUT2D eigenvalue weighted by Crippen LogP contribution is 2.12. The van der Waals surface area contributed by atoms with Gasteiger partial charge in [0.1, 0.15) is 0 Å². The number of hydrogen-bond donors (Lipinski definition) is 0. The van der Waals surface area contributed by atoms with E-state index in [2.05, 4.69) is 102 Å². The molecule has 0 aliphatic rings. The normalized spacial score (nSPS) is 9.82. The largest absolute Gasteiger partial charge is 0.330 e. The SMILES string of the molecule is IB(I)c1ccc(B(I)I)s1. The van der Waals surface area contributed by atoms with Crippen molar-refractivity contribution >= 4 is 115 Å². The van der Waals surface area contributed by atoms with Crippen LogP contribution in [0.5, 0.6) is 0 Å². The Morgan fingerprint density at radius 2 is 1.27 bits per heavy atom. The quantitative estimate of drug-likeness (QED) is 0.357. The van der Waals surface area contributed by atoms with E-state index < -0.39 is 0 Å². The number of halogens is 4. The smallest absolute Gasteiger partial charge is 0.161 e. The molecular formula is C4H2B2I4S. The molecule has 0 saturated carbocycles. The van der Waals surface area contributed by atoms with E-state index in [9.17, 15) is 0 Å². The standard InChI is InChI=1S/C4H2B2I4S/c7-5(8)3-1-2-4(11-3)6(9)10/h1-2H. The predicted octanol–water partition coefficient (Wildman–Crippen LogP) is 2.88. The molecule has 0 unspecified atom stereocenters. The van der Waals surface area contributed by atoms with Crippen LogP contribution in [0, 0.1) is 0 Å². The Hall–Kier alpha value is 2.75. The average Bonchev–Trinajstić information content (AvgIpc) is 2.33. The van der Waals surface area contributed by atoms with Crippen LogP contribution < -0.4 is 9.55 Å². The van der Waals surface area contributed by atoms with Crippen molar-refractivity contribution in [2.24, 2.45) is 0 Å². The maximum Gasteiger partial charge on any atom is 0.330 e. The Bertz CT molecular complexity index is 213. The van der Waals surface area contributed by atoms with Gasteiger partial charge in [-0.3, -0.25) is 0 Å². The zero-order chi connectivity index (χ0) is 8.43. The van der Waals surface area contributed by atoms with Crippen molar-refractivity contribution in [1.82, 2.24) is 0 Å². The Balaban J connectivity index is 2.82. The molecule has 0 atom stereocenters. The highest BCUT2D eigenvalue weighted by atomic mass is 127. The minimum Gasteiger partial charge on any atom is -0.161 e. The summed E-state index contributed by atoms with van der Waals surface area (Å²) in [5.74, 6) is 0. The lowest BCUT2D eigenvalue weighted by molar-refractivity contribution is 2.12. The molecule has 1 rings (SSSR count). The first-order valence-electron chi connectivity index (χ1n) is 2.77. The lowest BCUT2D eigenvalue weighted by Crippen LogP contribution is -2.14. The van der Waals surface area contributed by atoms with Crippen molar-refractivity contribution in [2.75, 3.05) is 0 Å². The third-order valence-electron chi connectivity index (χ3n) is 1.08. The molecule has 0 fully saturated rings. The molecule has 0 radical (unpaired) electrons. The van der Waals surface area contributed by atoms with Gasteiger partial charge in [0, 0.05) is 0 Å². The summed E-state index contributed by atoms with van der Waals surface area (Å²) in [4.78, 5) is 0. The maximum absolute atomic E-state index is 2.44. The van der Waals surface area contributed by atoms with Crippen molar-refractivity contribution in [3.05, 3.63) is 12.1 Å². The van der Waals surface area contributed by atoms with Crippen LogP contribution in [-0.2, 0) is 0 Å². The fourth-order valence-electron chi connectivity index (χ4n) is 0.603. The van der Waals surface area contributed by atoms with Crippen LogP contribution in [0.25, 0.3) is 0 Å². The van der Waals surface area contributed by atoms with Crippen molar-refractivity contribution in [2.45, 2.75) is 0 Å². The van der Waals surface area contributed by atoms with Gasteiger partial charge in [0.25, 0.3) is 0 Å². The third-order valence-corrected chi connectivity index (χ3v) is 6.67. The fourth-order valence-corrected chi connectivity index (χ4v) is 3.68. The van der Waals surface area contributed by atoms with E-state index in [-0.39, 0.29) is 0 Å². The van der Waals surface area contributed by atoms with E-state index in [4.69, 9.17) is 0 Å². The number of rotatable bonds is 2. The predicted molar refractivity (Wildman–Crippen MR) is 91.2 cm³/mol. The molecule has 0 amide bonds. The number of thiophene rings is 1. The molecule has 1 aromatic heterocycles. The van der Waals surface area contributed by atoms with Crippen LogP contribution in [0.3, 0.4) is 0 Å². The second-order valence-corrected chi connectivity index (χ2v) is 12.7. The first-order valence-corrected chi connectivity index (χ1v) is 8.57. The zero-order valence-corrected chi connectivity index (χ0v) is 14.7. The van der Waals surface area contributed by atoms with Gasteiger partial charge in [-0.15, -0.1) is 89.5 Å². The maximum atomic E-state index is 2.44. The monoisotopic (exact) mass is 612 g/mol. The van der Waals surface area contributed by atoms with Gasteiger partial charge in [0.15, 0.2) is 0 Å².